The van der Waals surface area contributed by atoms with Crippen LogP contribution in [0.1, 0.15) is 34.8 Å². The molecule has 0 saturated heterocycles. The molecule has 0 unspecified atom stereocenters. The first kappa shape index (κ1) is 20.9. The first-order valence-corrected chi connectivity index (χ1v) is 10.2. The predicted octanol–water partition coefficient (Wildman–Crippen LogP) is 3.67. The molecule has 0 spiro atoms. The molecule has 4 aromatic rings. The Morgan fingerprint density at radius 1 is 1.21 bits per heavy atom. The van der Waals surface area contributed by atoms with Gasteiger partial charge in [-0.15, -0.1) is 5.10 Å². The average molecular weight is 456 g/mol. The molecule has 9 nitrogen and oxygen atoms in total. The van der Waals surface area contributed by atoms with Gasteiger partial charge in [-0.05, 0) is 48.6 Å². The van der Waals surface area contributed by atoms with E-state index >= 15 is 0 Å². The van der Waals surface area contributed by atoms with Crippen LogP contribution in [0, 0.1) is 0 Å². The fourth-order valence-corrected chi connectivity index (χ4v) is 3.63. The lowest BCUT2D eigenvalue weighted by Gasteiger charge is -2.11. The highest BCUT2D eigenvalue weighted by Gasteiger charge is 2.29. The molecule has 12 heteroatoms. The van der Waals surface area contributed by atoms with E-state index in [1.807, 2.05) is 18.3 Å². The third-order valence-electron chi connectivity index (χ3n) is 5.36. The number of nitrogens with one attached hydrogen (secondary N) is 3. The summed E-state index contributed by atoms with van der Waals surface area (Å²) < 4.78 is 38.4. The van der Waals surface area contributed by atoms with Gasteiger partial charge in [0.2, 0.25) is 5.95 Å². The molecule has 0 bridgehead atoms. The number of carbonyl (C=O) groups excluding carboxylic acids is 1. The maximum atomic E-state index is 12.3. The van der Waals surface area contributed by atoms with Crippen molar-refractivity contribution in [2.75, 3.05) is 11.9 Å². The summed E-state index contributed by atoms with van der Waals surface area (Å²) in [5, 5.41) is 17.8. The number of amides is 1. The second-order valence-corrected chi connectivity index (χ2v) is 7.87. The van der Waals surface area contributed by atoms with Gasteiger partial charge < -0.3 is 10.6 Å². The Kier molecular flexibility index (Phi) is 4.99. The van der Waals surface area contributed by atoms with Crippen LogP contribution in [-0.2, 0) is 7.05 Å². The summed E-state index contributed by atoms with van der Waals surface area (Å²) >= 11 is 0. The molecule has 5 rings (SSSR count). The number of fused-ring (bicyclic) bond motifs is 1. The molecule has 1 fully saturated rings. The average Bonchev–Trinajstić information content (AvgIpc) is 3.39. The third-order valence-corrected chi connectivity index (χ3v) is 5.36. The third kappa shape index (κ3) is 4.36. The molecular weight excluding hydrogens is 437 g/mol. The molecule has 170 valence electrons. The smallest absolute Gasteiger partial charge is 0.342 e. The minimum atomic E-state index is -4.49. The maximum Gasteiger partial charge on any atom is 0.405 e. The van der Waals surface area contributed by atoms with Gasteiger partial charge >= 0.3 is 6.18 Å². The van der Waals surface area contributed by atoms with Gasteiger partial charge in [0.1, 0.15) is 12.2 Å². The van der Waals surface area contributed by atoms with Crippen molar-refractivity contribution in [2.24, 2.45) is 7.05 Å². The summed E-state index contributed by atoms with van der Waals surface area (Å²) in [4.78, 5) is 20.3. The summed E-state index contributed by atoms with van der Waals surface area (Å²) in [6, 6.07) is 6.82. The predicted molar refractivity (Wildman–Crippen MR) is 114 cm³/mol. The molecule has 3 aromatic heterocycles. The molecular formula is C21H19F3N8O. The van der Waals surface area contributed by atoms with E-state index in [0.717, 1.165) is 29.4 Å². The maximum absolute atomic E-state index is 12.3. The van der Waals surface area contributed by atoms with Gasteiger partial charge in [0.15, 0.2) is 5.82 Å². The van der Waals surface area contributed by atoms with Crippen LogP contribution in [-0.4, -0.2) is 48.6 Å². The first-order chi connectivity index (χ1) is 15.8. The van der Waals surface area contributed by atoms with Crippen LogP contribution in [0.4, 0.5) is 24.8 Å². The molecule has 0 aliphatic heterocycles. The summed E-state index contributed by atoms with van der Waals surface area (Å²) in [5.41, 5.74) is 3.51. The van der Waals surface area contributed by atoms with E-state index in [0.29, 0.717) is 23.3 Å². The molecule has 1 amide bonds. The first-order valence-electron chi connectivity index (χ1n) is 10.2. The van der Waals surface area contributed by atoms with Crippen LogP contribution in [0.5, 0.6) is 0 Å². The van der Waals surface area contributed by atoms with E-state index in [9.17, 15) is 18.0 Å². The number of hydrogen-bond donors (Lipinski definition) is 3. The molecule has 1 aliphatic rings. The van der Waals surface area contributed by atoms with Gasteiger partial charge in [-0.3, -0.25) is 14.9 Å². The van der Waals surface area contributed by atoms with E-state index in [-0.39, 0.29) is 5.69 Å². The van der Waals surface area contributed by atoms with Crippen LogP contribution in [0.15, 0.2) is 36.7 Å². The van der Waals surface area contributed by atoms with Crippen LogP contribution < -0.4 is 10.6 Å². The van der Waals surface area contributed by atoms with Gasteiger partial charge in [0, 0.05) is 29.9 Å². The SMILES string of the molecule is Cn1nc(-c2ccc(C(=O)NCC(F)(F)F)nc2)nc1Nc1ccc2[nH]ncc2c1C1CC1. The van der Waals surface area contributed by atoms with E-state index in [1.165, 1.54) is 17.8 Å². The van der Waals surface area contributed by atoms with Gasteiger partial charge in [-0.25, -0.2) is 4.68 Å². The fourth-order valence-electron chi connectivity index (χ4n) is 3.63. The Balaban J connectivity index is 1.36. The summed E-state index contributed by atoms with van der Waals surface area (Å²) in [6.45, 7) is -1.42. The van der Waals surface area contributed by atoms with Gasteiger partial charge in [0.05, 0.1) is 11.7 Å². The van der Waals surface area contributed by atoms with Crippen molar-refractivity contribution in [3.05, 3.63) is 47.9 Å². The largest absolute Gasteiger partial charge is 0.405 e. The number of anilines is 2. The molecule has 1 saturated carbocycles. The van der Waals surface area contributed by atoms with Crippen molar-refractivity contribution in [1.29, 1.82) is 0 Å². The van der Waals surface area contributed by atoms with E-state index < -0.39 is 18.6 Å². The number of aromatic nitrogens is 6. The van der Waals surface area contributed by atoms with Crippen LogP contribution in [0.25, 0.3) is 22.3 Å². The number of nitrogens with zero attached hydrogens (tertiary/aromatic N) is 5. The number of rotatable bonds is 6. The number of halogens is 3. The van der Waals surface area contributed by atoms with Crippen molar-refractivity contribution in [3.8, 4) is 11.4 Å². The Hall–Kier alpha value is -3.96. The molecule has 3 heterocycles. The van der Waals surface area contributed by atoms with E-state index in [4.69, 9.17) is 0 Å². The monoisotopic (exact) mass is 456 g/mol. The topological polar surface area (TPSA) is 113 Å². The molecule has 1 aliphatic carbocycles. The van der Waals surface area contributed by atoms with E-state index in [1.54, 1.807) is 23.1 Å². The van der Waals surface area contributed by atoms with Crippen LogP contribution in [0.3, 0.4) is 0 Å². The van der Waals surface area contributed by atoms with Gasteiger partial charge in [0.25, 0.3) is 5.91 Å². The van der Waals surface area contributed by atoms with Crippen LogP contribution in [0.2, 0.25) is 0 Å². The van der Waals surface area contributed by atoms with Gasteiger partial charge in [-0.2, -0.15) is 23.3 Å². The number of alkyl halides is 3. The summed E-state index contributed by atoms with van der Waals surface area (Å²) in [6.07, 6.45) is 0.941. The summed E-state index contributed by atoms with van der Waals surface area (Å²) in [7, 11) is 1.75. The molecule has 33 heavy (non-hydrogen) atoms. The van der Waals surface area contributed by atoms with Crippen molar-refractivity contribution in [2.45, 2.75) is 24.9 Å². The number of hydrogen-bond acceptors (Lipinski definition) is 6. The fraction of sp³-hybridized carbons (Fsp3) is 0.286. The van der Waals surface area contributed by atoms with Crippen molar-refractivity contribution in [3.63, 3.8) is 0 Å². The zero-order valence-electron chi connectivity index (χ0n) is 17.4. The molecule has 1 aromatic carbocycles. The Bertz CT molecular complexity index is 1320. The van der Waals surface area contributed by atoms with Crippen molar-refractivity contribution >= 4 is 28.4 Å². The number of H-pyrrole nitrogens is 1. The lowest BCUT2D eigenvalue weighted by molar-refractivity contribution is -0.123. The zero-order valence-corrected chi connectivity index (χ0v) is 17.4. The quantitative estimate of drug-likeness (QED) is 0.408. The second kappa shape index (κ2) is 7.87. The standard InChI is InChI=1S/C21H19F3N8O/c1-32-20(28-15-7-6-14-13(9-27-30-14)17(15)11-2-3-11)29-18(31-32)12-4-5-16(25-8-12)19(33)26-10-21(22,23)24/h4-9,11H,2-3,10H2,1H3,(H,26,33)(H,27,30)(H,28,29,31). The molecule has 0 atom stereocenters. The number of carbonyl (C=O) groups is 1. The Labute approximate surface area is 185 Å². The highest BCUT2D eigenvalue weighted by Crippen LogP contribution is 2.47. The number of aromatic amines is 1. The number of pyridine rings is 1. The normalized spacial score (nSPS) is 13.9. The second-order valence-electron chi connectivity index (χ2n) is 7.87. The Morgan fingerprint density at radius 3 is 2.73 bits per heavy atom. The van der Waals surface area contributed by atoms with Gasteiger partial charge in [-0.1, -0.05) is 0 Å². The highest BCUT2D eigenvalue weighted by molar-refractivity contribution is 5.92. The summed E-state index contributed by atoms with van der Waals surface area (Å²) in [5.74, 6) is 0.452. The Morgan fingerprint density at radius 2 is 2.03 bits per heavy atom. The highest BCUT2D eigenvalue weighted by atomic mass is 19.4. The lowest BCUT2D eigenvalue weighted by atomic mass is 10.0. The van der Waals surface area contributed by atoms with Crippen molar-refractivity contribution < 1.29 is 18.0 Å². The molecule has 3 N–H and O–H groups in total. The zero-order chi connectivity index (χ0) is 23.2. The van der Waals surface area contributed by atoms with Crippen molar-refractivity contribution in [1.82, 2.24) is 35.3 Å². The number of benzene rings is 1. The van der Waals surface area contributed by atoms with Crippen LogP contribution >= 0.6 is 0 Å². The minimum Gasteiger partial charge on any atom is -0.342 e. The van der Waals surface area contributed by atoms with E-state index in [2.05, 4.69) is 30.6 Å². The lowest BCUT2D eigenvalue weighted by Crippen LogP contribution is -2.34. The minimum absolute atomic E-state index is 0.125. The molecule has 0 radical (unpaired) electrons. The number of aryl methyl sites for hydroxylation is 1.